The maximum atomic E-state index is 9.43. The number of likely N-dealkylation sites (tertiary alicyclic amines) is 1. The van der Waals surface area contributed by atoms with Gasteiger partial charge in [-0.25, -0.2) is 0 Å². The van der Waals surface area contributed by atoms with Crippen molar-refractivity contribution in [1.82, 2.24) is 9.88 Å². The van der Waals surface area contributed by atoms with Crippen molar-refractivity contribution in [3.63, 3.8) is 0 Å². The number of nitrogens with zero attached hydrogens (tertiary/aromatic N) is 2. The van der Waals surface area contributed by atoms with E-state index in [0.29, 0.717) is 0 Å². The number of halogens is 1. The molecule has 0 spiro atoms. The average Bonchev–Trinajstić information content (AvgIpc) is 2.54. The fourth-order valence-electron chi connectivity index (χ4n) is 2.39. The summed E-state index contributed by atoms with van der Waals surface area (Å²) in [6.07, 6.45) is 6.50. The van der Waals surface area contributed by atoms with Crippen LogP contribution in [0.4, 0.5) is 0 Å². The van der Waals surface area contributed by atoms with Gasteiger partial charge in [-0.3, -0.25) is 9.88 Å². The molecule has 1 N–H and O–H groups in total. The minimum absolute atomic E-state index is 0.237. The standard InChI is InChI=1S/C13H19ClN2O/c14-11-5-6-15-12(8-11)9-16-7-3-1-2-4-13(16)10-17/h5-6,8,13,17H,1-4,7,9-10H2. The van der Waals surface area contributed by atoms with Crippen LogP contribution >= 0.6 is 11.6 Å². The molecule has 1 unspecified atom stereocenters. The number of rotatable bonds is 3. The average molecular weight is 255 g/mol. The van der Waals surface area contributed by atoms with E-state index in [1.165, 1.54) is 19.3 Å². The number of aromatic nitrogens is 1. The molecule has 1 saturated heterocycles. The van der Waals surface area contributed by atoms with E-state index < -0.39 is 0 Å². The van der Waals surface area contributed by atoms with Gasteiger partial charge in [0.2, 0.25) is 0 Å². The minimum atomic E-state index is 0.237. The van der Waals surface area contributed by atoms with E-state index in [1.807, 2.05) is 6.07 Å². The maximum absolute atomic E-state index is 9.43. The first-order valence-electron chi connectivity index (χ1n) is 6.25. The summed E-state index contributed by atoms with van der Waals surface area (Å²) in [6, 6.07) is 3.97. The van der Waals surface area contributed by atoms with Gasteiger partial charge in [-0.05, 0) is 31.5 Å². The second-order valence-corrected chi connectivity index (χ2v) is 5.06. The van der Waals surface area contributed by atoms with E-state index in [9.17, 15) is 5.11 Å². The molecule has 4 heteroatoms. The van der Waals surface area contributed by atoms with Crippen LogP contribution in [0.1, 0.15) is 31.4 Å². The lowest BCUT2D eigenvalue weighted by atomic mass is 10.1. The first-order chi connectivity index (χ1) is 8.29. The number of aliphatic hydroxyl groups excluding tert-OH is 1. The van der Waals surface area contributed by atoms with Gasteiger partial charge in [-0.1, -0.05) is 24.4 Å². The predicted molar refractivity (Wildman–Crippen MR) is 69.0 cm³/mol. The molecule has 1 aliphatic rings. The number of hydrogen-bond acceptors (Lipinski definition) is 3. The summed E-state index contributed by atoms with van der Waals surface area (Å²) in [7, 11) is 0. The molecule has 2 rings (SSSR count). The van der Waals surface area contributed by atoms with Crippen LogP contribution in [0.15, 0.2) is 18.3 Å². The molecular formula is C13H19ClN2O. The zero-order valence-corrected chi connectivity index (χ0v) is 10.7. The van der Waals surface area contributed by atoms with E-state index in [2.05, 4.69) is 9.88 Å². The fraction of sp³-hybridized carbons (Fsp3) is 0.615. The highest BCUT2D eigenvalue weighted by Gasteiger charge is 2.20. The van der Waals surface area contributed by atoms with Gasteiger partial charge in [0.25, 0.3) is 0 Å². The Morgan fingerprint density at radius 3 is 3.06 bits per heavy atom. The molecular weight excluding hydrogens is 236 g/mol. The van der Waals surface area contributed by atoms with Gasteiger partial charge in [0.05, 0.1) is 12.3 Å². The smallest absolute Gasteiger partial charge is 0.0587 e. The second-order valence-electron chi connectivity index (χ2n) is 4.62. The van der Waals surface area contributed by atoms with Crippen molar-refractivity contribution >= 4 is 11.6 Å². The lowest BCUT2D eigenvalue weighted by Crippen LogP contribution is -2.37. The lowest BCUT2D eigenvalue weighted by Gasteiger charge is -2.27. The molecule has 0 radical (unpaired) electrons. The molecule has 1 aliphatic heterocycles. The molecule has 0 saturated carbocycles. The molecule has 0 amide bonds. The predicted octanol–water partition coefficient (Wildman–Crippen LogP) is 2.47. The summed E-state index contributed by atoms with van der Waals surface area (Å²) in [5, 5.41) is 10.2. The molecule has 94 valence electrons. The Morgan fingerprint density at radius 1 is 1.41 bits per heavy atom. The summed E-state index contributed by atoms with van der Waals surface area (Å²) < 4.78 is 0. The van der Waals surface area contributed by atoms with Crippen LogP contribution in [0, 0.1) is 0 Å². The topological polar surface area (TPSA) is 36.4 Å². The van der Waals surface area contributed by atoms with Gasteiger partial charge >= 0.3 is 0 Å². The van der Waals surface area contributed by atoms with Crippen LogP contribution in [0.25, 0.3) is 0 Å². The molecule has 3 nitrogen and oxygen atoms in total. The maximum Gasteiger partial charge on any atom is 0.0587 e. The number of hydrogen-bond donors (Lipinski definition) is 1. The molecule has 1 aromatic rings. The van der Waals surface area contributed by atoms with E-state index >= 15 is 0 Å². The summed E-state index contributed by atoms with van der Waals surface area (Å²) in [6.45, 7) is 2.06. The molecule has 1 atom stereocenters. The van der Waals surface area contributed by atoms with E-state index in [0.717, 1.165) is 30.2 Å². The van der Waals surface area contributed by atoms with Crippen molar-refractivity contribution in [3.05, 3.63) is 29.0 Å². The lowest BCUT2D eigenvalue weighted by molar-refractivity contribution is 0.117. The monoisotopic (exact) mass is 254 g/mol. The van der Waals surface area contributed by atoms with Crippen molar-refractivity contribution in [2.24, 2.45) is 0 Å². The van der Waals surface area contributed by atoms with Gasteiger partial charge in [-0.2, -0.15) is 0 Å². The van der Waals surface area contributed by atoms with Crippen LogP contribution in [-0.4, -0.2) is 34.2 Å². The summed E-state index contributed by atoms with van der Waals surface area (Å²) in [5.41, 5.74) is 0.984. The third-order valence-electron chi connectivity index (χ3n) is 3.35. The molecule has 0 aromatic carbocycles. The third-order valence-corrected chi connectivity index (χ3v) is 3.59. The number of aliphatic hydroxyl groups is 1. The van der Waals surface area contributed by atoms with Crippen molar-refractivity contribution in [2.45, 2.75) is 38.3 Å². The normalized spacial score (nSPS) is 22.4. The highest BCUT2D eigenvalue weighted by molar-refractivity contribution is 6.30. The van der Waals surface area contributed by atoms with Crippen molar-refractivity contribution in [1.29, 1.82) is 0 Å². The Bertz CT molecular complexity index is 359. The zero-order chi connectivity index (χ0) is 12.1. The van der Waals surface area contributed by atoms with Gasteiger partial charge < -0.3 is 5.11 Å². The van der Waals surface area contributed by atoms with Gasteiger partial charge in [-0.15, -0.1) is 0 Å². The summed E-state index contributed by atoms with van der Waals surface area (Å²) in [5.74, 6) is 0. The minimum Gasteiger partial charge on any atom is -0.395 e. The molecule has 1 fully saturated rings. The van der Waals surface area contributed by atoms with E-state index in [4.69, 9.17) is 11.6 Å². The van der Waals surface area contributed by atoms with Gasteiger partial charge in [0, 0.05) is 23.8 Å². The van der Waals surface area contributed by atoms with Crippen LogP contribution in [0.2, 0.25) is 5.02 Å². The Labute approximate surface area is 107 Å². The highest BCUT2D eigenvalue weighted by Crippen LogP contribution is 2.19. The number of pyridine rings is 1. The molecule has 17 heavy (non-hydrogen) atoms. The Morgan fingerprint density at radius 2 is 2.29 bits per heavy atom. The Hall–Kier alpha value is -0.640. The molecule has 1 aromatic heterocycles. The summed E-state index contributed by atoms with van der Waals surface area (Å²) in [4.78, 5) is 6.65. The Kier molecular flexibility index (Phi) is 4.77. The van der Waals surface area contributed by atoms with E-state index in [-0.39, 0.29) is 12.6 Å². The Balaban J connectivity index is 2.04. The second kappa shape index (κ2) is 6.34. The largest absolute Gasteiger partial charge is 0.395 e. The first-order valence-corrected chi connectivity index (χ1v) is 6.63. The van der Waals surface area contributed by atoms with Crippen molar-refractivity contribution < 1.29 is 5.11 Å². The van der Waals surface area contributed by atoms with Gasteiger partial charge in [0.15, 0.2) is 0 Å². The van der Waals surface area contributed by atoms with Gasteiger partial charge in [0.1, 0.15) is 0 Å². The van der Waals surface area contributed by atoms with Crippen molar-refractivity contribution in [2.75, 3.05) is 13.2 Å². The fourth-order valence-corrected chi connectivity index (χ4v) is 2.58. The summed E-state index contributed by atoms with van der Waals surface area (Å²) >= 11 is 5.96. The van der Waals surface area contributed by atoms with Crippen LogP contribution in [0.3, 0.4) is 0 Å². The zero-order valence-electron chi connectivity index (χ0n) is 9.98. The SMILES string of the molecule is OCC1CCCCCN1Cc1cc(Cl)ccn1. The van der Waals surface area contributed by atoms with Crippen molar-refractivity contribution in [3.8, 4) is 0 Å². The van der Waals surface area contributed by atoms with E-state index in [1.54, 1.807) is 12.3 Å². The highest BCUT2D eigenvalue weighted by atomic mass is 35.5. The third kappa shape index (κ3) is 3.66. The van der Waals surface area contributed by atoms with Crippen LogP contribution in [-0.2, 0) is 6.54 Å². The quantitative estimate of drug-likeness (QED) is 0.900. The van der Waals surface area contributed by atoms with Crippen LogP contribution in [0.5, 0.6) is 0 Å². The molecule has 0 bridgehead atoms. The molecule has 2 heterocycles. The molecule has 0 aliphatic carbocycles. The van der Waals surface area contributed by atoms with Crippen LogP contribution < -0.4 is 0 Å². The first kappa shape index (κ1) is 12.8.